The number of nitriles is 1. The number of hydrogen-bond donors (Lipinski definition) is 1. The van der Waals surface area contributed by atoms with Crippen molar-refractivity contribution >= 4 is 23.4 Å². The van der Waals surface area contributed by atoms with Crippen LogP contribution in [0.3, 0.4) is 0 Å². The number of halogens is 1. The summed E-state index contributed by atoms with van der Waals surface area (Å²) in [7, 11) is 0. The Hall–Kier alpha value is -4.52. The maximum atomic E-state index is 13.7. The van der Waals surface area contributed by atoms with E-state index >= 15 is 0 Å². The fraction of sp³-hybridized carbons (Fsp3) is 0.281. The summed E-state index contributed by atoms with van der Waals surface area (Å²) >= 11 is 6.18. The van der Waals surface area contributed by atoms with E-state index < -0.39 is 0 Å². The number of nitrogens with one attached hydrogen (secondary N) is 1. The molecule has 1 fully saturated rings. The van der Waals surface area contributed by atoms with Crippen LogP contribution in [0.15, 0.2) is 85.6 Å². The molecule has 5 rings (SSSR count). The molecule has 0 spiro atoms. The summed E-state index contributed by atoms with van der Waals surface area (Å²) in [6.07, 6.45) is 8.20. The molecule has 0 unspecified atom stereocenters. The molecular weight excluding hydrogens is 550 g/mol. The minimum absolute atomic E-state index is 0.0903. The topological polar surface area (TPSA) is 107 Å². The molecule has 42 heavy (non-hydrogen) atoms. The number of aromatic nitrogens is 3. The third-order valence-electron chi connectivity index (χ3n) is 7.40. The molecule has 0 aliphatic carbocycles. The van der Waals surface area contributed by atoms with E-state index in [2.05, 4.69) is 30.8 Å². The molecule has 4 aromatic rings. The molecule has 2 aromatic carbocycles. The highest BCUT2D eigenvalue weighted by molar-refractivity contribution is 6.30. The number of nitrogens with zero attached hydrogens (tertiary/aromatic N) is 6. The standard InChI is InChI=1S/C32H32ClN7O2/c33-28-6-1-4-26(16-28)21-39-15-11-30(32(39)42)38(14-3-13-37-31(41)27-5-2-12-35-18-27)22-29-19-36-23-40(29)20-25-9-7-24(17-34)8-10-25/h1-2,4-10,12,16,18-19,23,30H,3,11,13-15,20-22H2,(H,37,41)/t30-/m0/s1. The number of benzene rings is 2. The van der Waals surface area contributed by atoms with Crippen LogP contribution in [-0.2, 0) is 24.4 Å². The fourth-order valence-electron chi connectivity index (χ4n) is 5.21. The summed E-state index contributed by atoms with van der Waals surface area (Å²) < 4.78 is 2.07. The van der Waals surface area contributed by atoms with Crippen LogP contribution in [-0.4, -0.2) is 61.8 Å². The van der Waals surface area contributed by atoms with Gasteiger partial charge in [-0.15, -0.1) is 0 Å². The first-order valence-corrected chi connectivity index (χ1v) is 14.3. The molecular formula is C32H32ClN7O2. The van der Waals surface area contributed by atoms with E-state index in [1.165, 1.54) is 0 Å². The van der Waals surface area contributed by atoms with Gasteiger partial charge in [-0.05, 0) is 60.4 Å². The van der Waals surface area contributed by atoms with Crippen molar-refractivity contribution < 1.29 is 9.59 Å². The Bertz CT molecular complexity index is 1550. The zero-order chi connectivity index (χ0) is 29.3. The van der Waals surface area contributed by atoms with Crippen molar-refractivity contribution in [2.75, 3.05) is 19.6 Å². The molecule has 214 valence electrons. The average molecular weight is 582 g/mol. The molecule has 1 N–H and O–H groups in total. The first-order valence-electron chi connectivity index (χ1n) is 13.9. The van der Waals surface area contributed by atoms with Crippen LogP contribution in [0.4, 0.5) is 0 Å². The van der Waals surface area contributed by atoms with Gasteiger partial charge in [-0.25, -0.2) is 4.98 Å². The van der Waals surface area contributed by atoms with E-state index in [4.69, 9.17) is 16.9 Å². The summed E-state index contributed by atoms with van der Waals surface area (Å²) in [6, 6.07) is 20.4. The van der Waals surface area contributed by atoms with Crippen LogP contribution in [0.1, 0.15) is 45.6 Å². The summed E-state index contributed by atoms with van der Waals surface area (Å²) in [5, 5.41) is 12.7. The second-order valence-corrected chi connectivity index (χ2v) is 10.8. The lowest BCUT2D eigenvalue weighted by molar-refractivity contribution is -0.132. The van der Waals surface area contributed by atoms with E-state index in [0.29, 0.717) is 68.3 Å². The van der Waals surface area contributed by atoms with Gasteiger partial charge in [0.15, 0.2) is 0 Å². The van der Waals surface area contributed by atoms with Gasteiger partial charge in [-0.1, -0.05) is 35.9 Å². The van der Waals surface area contributed by atoms with Crippen molar-refractivity contribution in [1.29, 1.82) is 5.26 Å². The number of carbonyl (C=O) groups excluding carboxylic acids is 2. The van der Waals surface area contributed by atoms with Gasteiger partial charge in [-0.3, -0.25) is 19.5 Å². The largest absolute Gasteiger partial charge is 0.352 e. The van der Waals surface area contributed by atoms with Crippen molar-refractivity contribution in [3.05, 3.63) is 119 Å². The summed E-state index contributed by atoms with van der Waals surface area (Å²) in [6.45, 7) is 3.42. The van der Waals surface area contributed by atoms with E-state index in [1.54, 1.807) is 30.9 Å². The van der Waals surface area contributed by atoms with Crippen molar-refractivity contribution in [3.8, 4) is 6.07 Å². The lowest BCUT2D eigenvalue weighted by atomic mass is 10.1. The molecule has 1 aliphatic heterocycles. The van der Waals surface area contributed by atoms with E-state index in [0.717, 1.165) is 16.8 Å². The van der Waals surface area contributed by atoms with Crippen molar-refractivity contribution in [2.45, 2.75) is 38.5 Å². The third-order valence-corrected chi connectivity index (χ3v) is 7.64. The van der Waals surface area contributed by atoms with Crippen LogP contribution in [0.2, 0.25) is 5.02 Å². The highest BCUT2D eigenvalue weighted by atomic mass is 35.5. The summed E-state index contributed by atoms with van der Waals surface area (Å²) in [5.74, 6) is -0.0766. The minimum atomic E-state index is -0.281. The number of likely N-dealkylation sites (tertiary alicyclic amines) is 1. The van der Waals surface area contributed by atoms with Gasteiger partial charge < -0.3 is 14.8 Å². The first-order chi connectivity index (χ1) is 20.5. The lowest BCUT2D eigenvalue weighted by Gasteiger charge is -2.28. The fourth-order valence-corrected chi connectivity index (χ4v) is 5.43. The number of amides is 2. The second-order valence-electron chi connectivity index (χ2n) is 10.3. The van der Waals surface area contributed by atoms with Crippen molar-refractivity contribution in [3.63, 3.8) is 0 Å². The van der Waals surface area contributed by atoms with Crippen LogP contribution < -0.4 is 5.32 Å². The molecule has 2 aromatic heterocycles. The van der Waals surface area contributed by atoms with Gasteiger partial charge in [-0.2, -0.15) is 5.26 Å². The number of pyridine rings is 1. The Labute approximate surface area is 250 Å². The first kappa shape index (κ1) is 29.0. The zero-order valence-electron chi connectivity index (χ0n) is 23.2. The van der Waals surface area contributed by atoms with Crippen LogP contribution in [0.5, 0.6) is 0 Å². The molecule has 1 atom stereocenters. The van der Waals surface area contributed by atoms with Crippen LogP contribution in [0.25, 0.3) is 0 Å². The highest BCUT2D eigenvalue weighted by Gasteiger charge is 2.36. The van der Waals surface area contributed by atoms with Crippen LogP contribution in [0, 0.1) is 11.3 Å². The van der Waals surface area contributed by atoms with Crippen LogP contribution >= 0.6 is 11.6 Å². The predicted octanol–water partition coefficient (Wildman–Crippen LogP) is 4.27. The van der Waals surface area contributed by atoms with Gasteiger partial charge in [0.25, 0.3) is 5.91 Å². The van der Waals surface area contributed by atoms with Crippen molar-refractivity contribution in [1.82, 2.24) is 29.7 Å². The van der Waals surface area contributed by atoms with Crippen molar-refractivity contribution in [2.24, 2.45) is 0 Å². The molecule has 2 amide bonds. The molecule has 1 aliphatic rings. The van der Waals surface area contributed by atoms with E-state index in [9.17, 15) is 9.59 Å². The summed E-state index contributed by atoms with van der Waals surface area (Å²) in [4.78, 5) is 38.6. The smallest absolute Gasteiger partial charge is 0.252 e. The van der Waals surface area contributed by atoms with Gasteiger partial charge in [0.05, 0.1) is 35.3 Å². The molecule has 10 heteroatoms. The van der Waals surface area contributed by atoms with Gasteiger partial charge >= 0.3 is 0 Å². The molecule has 3 heterocycles. The number of carbonyl (C=O) groups is 2. The van der Waals surface area contributed by atoms with E-state index in [1.807, 2.05) is 59.6 Å². The normalized spacial score (nSPS) is 14.7. The Morgan fingerprint density at radius 2 is 1.93 bits per heavy atom. The number of rotatable bonds is 12. The highest BCUT2D eigenvalue weighted by Crippen LogP contribution is 2.23. The number of imidazole rings is 1. The Morgan fingerprint density at radius 3 is 2.69 bits per heavy atom. The summed E-state index contributed by atoms with van der Waals surface area (Å²) in [5.41, 5.74) is 4.18. The Morgan fingerprint density at radius 1 is 1.07 bits per heavy atom. The monoisotopic (exact) mass is 581 g/mol. The molecule has 0 bridgehead atoms. The second kappa shape index (κ2) is 13.9. The third kappa shape index (κ3) is 7.40. The van der Waals surface area contributed by atoms with Gasteiger partial charge in [0.1, 0.15) is 0 Å². The van der Waals surface area contributed by atoms with Gasteiger partial charge in [0, 0.05) is 62.9 Å². The molecule has 0 radical (unpaired) electrons. The van der Waals surface area contributed by atoms with Gasteiger partial charge in [0.2, 0.25) is 5.91 Å². The van der Waals surface area contributed by atoms with E-state index in [-0.39, 0.29) is 17.9 Å². The Balaban J connectivity index is 1.27. The maximum absolute atomic E-state index is 13.7. The minimum Gasteiger partial charge on any atom is -0.352 e. The Kier molecular flexibility index (Phi) is 9.59. The maximum Gasteiger partial charge on any atom is 0.252 e. The molecule has 0 saturated carbocycles. The zero-order valence-corrected chi connectivity index (χ0v) is 24.0. The molecule has 9 nitrogen and oxygen atoms in total. The lowest BCUT2D eigenvalue weighted by Crippen LogP contribution is -2.43. The predicted molar refractivity (Wildman–Crippen MR) is 159 cm³/mol. The number of hydrogen-bond acceptors (Lipinski definition) is 6. The SMILES string of the molecule is N#Cc1ccc(Cn2cncc2CN(CCCNC(=O)c2cccnc2)[C@H]2CCN(Cc3cccc(Cl)c3)C2=O)cc1. The average Bonchev–Trinajstić information content (AvgIpc) is 3.60. The molecule has 1 saturated heterocycles. The quantitative estimate of drug-likeness (QED) is 0.250.